The third-order valence-corrected chi connectivity index (χ3v) is 6.63. The molecule has 0 spiro atoms. The molecule has 1 N–H and O–H groups in total. The molecule has 0 fully saturated rings. The maximum Gasteiger partial charge on any atom is 0.144 e. The molecule has 3 nitrogen and oxygen atoms in total. The summed E-state index contributed by atoms with van der Waals surface area (Å²) in [6.45, 7) is 7.49. The Morgan fingerprint density at radius 3 is 2.52 bits per heavy atom. The van der Waals surface area contributed by atoms with E-state index in [-0.39, 0.29) is 6.61 Å². The van der Waals surface area contributed by atoms with E-state index in [9.17, 15) is 9.66 Å². The fourth-order valence-electron chi connectivity index (χ4n) is 2.05. The smallest absolute Gasteiger partial charge is 0.144 e. The summed E-state index contributed by atoms with van der Waals surface area (Å²) in [7, 11) is 0. The van der Waals surface area contributed by atoms with Gasteiger partial charge in [-0.1, -0.05) is 58.1 Å². The van der Waals surface area contributed by atoms with Crippen LogP contribution in [0.4, 0.5) is 0 Å². The summed E-state index contributed by atoms with van der Waals surface area (Å²) in [5, 5.41) is 10.1. The van der Waals surface area contributed by atoms with Crippen molar-refractivity contribution >= 4 is 40.4 Å². The van der Waals surface area contributed by atoms with Gasteiger partial charge in [-0.15, -0.1) is 0 Å². The van der Waals surface area contributed by atoms with Gasteiger partial charge >= 0.3 is 0 Å². The van der Waals surface area contributed by atoms with E-state index in [1.165, 1.54) is 11.8 Å². The Labute approximate surface area is 161 Å². The minimum Gasteiger partial charge on any atom is -0.591 e. The number of aliphatic hydroxyl groups is 1. The normalized spacial score (nSPS) is 13.8. The molecule has 0 amide bonds. The second-order valence-electron chi connectivity index (χ2n) is 6.52. The highest BCUT2D eigenvalue weighted by Gasteiger charge is 2.27. The molecule has 0 aliphatic heterocycles. The molecule has 0 saturated carbocycles. The average Bonchev–Trinajstić information content (AvgIpc) is 2.56. The highest BCUT2D eigenvalue weighted by molar-refractivity contribution is 7.99. The first-order valence-corrected chi connectivity index (χ1v) is 10.2. The molecule has 2 aromatic carbocycles. The van der Waals surface area contributed by atoms with Gasteiger partial charge in [0.2, 0.25) is 0 Å². The molecule has 0 aromatic heterocycles. The Hall–Kier alpha value is -0.980. The molecule has 6 heteroatoms. The van der Waals surface area contributed by atoms with Crippen LogP contribution in [-0.4, -0.2) is 20.1 Å². The third kappa shape index (κ3) is 5.25. The summed E-state index contributed by atoms with van der Waals surface area (Å²) in [6, 6.07) is 13.3. The van der Waals surface area contributed by atoms with Gasteiger partial charge in [-0.3, -0.25) is 0 Å². The molecular formula is C19H22ClNO2S2. The average molecular weight is 396 g/mol. The van der Waals surface area contributed by atoms with Crippen LogP contribution in [0.15, 0.2) is 56.7 Å². The topological polar surface area (TPSA) is 55.7 Å². The van der Waals surface area contributed by atoms with Gasteiger partial charge in [-0.25, -0.2) is 0 Å². The third-order valence-electron chi connectivity index (χ3n) is 3.46. The molecule has 134 valence electrons. The molecule has 25 heavy (non-hydrogen) atoms. The van der Waals surface area contributed by atoms with E-state index in [0.29, 0.717) is 10.7 Å². The zero-order chi connectivity index (χ0) is 18.6. The van der Waals surface area contributed by atoms with Crippen LogP contribution in [0.2, 0.25) is 5.02 Å². The molecule has 0 radical (unpaired) electrons. The molecule has 0 aliphatic carbocycles. The van der Waals surface area contributed by atoms with E-state index < -0.39 is 16.1 Å². The van der Waals surface area contributed by atoms with E-state index in [4.69, 9.17) is 11.6 Å². The minimum absolute atomic E-state index is 0.0376. The fourth-order valence-corrected chi connectivity index (χ4v) is 4.08. The number of rotatable bonds is 5. The second-order valence-corrected chi connectivity index (χ2v) is 9.89. The first-order valence-electron chi connectivity index (χ1n) is 7.87. The van der Waals surface area contributed by atoms with Gasteiger partial charge in [-0.05, 0) is 45.4 Å². The first kappa shape index (κ1) is 20.3. The minimum atomic E-state index is -1.34. The summed E-state index contributed by atoms with van der Waals surface area (Å²) in [5.74, 6) is 0. The lowest BCUT2D eigenvalue weighted by Gasteiger charge is -2.19. The van der Waals surface area contributed by atoms with E-state index in [1.54, 1.807) is 0 Å². The van der Waals surface area contributed by atoms with Crippen molar-refractivity contribution in [2.45, 2.75) is 48.8 Å². The van der Waals surface area contributed by atoms with Crippen LogP contribution in [0, 0.1) is 0 Å². The van der Waals surface area contributed by atoms with Crippen molar-refractivity contribution < 1.29 is 9.66 Å². The number of hydrogen-bond donors (Lipinski definition) is 1. The van der Waals surface area contributed by atoms with Crippen molar-refractivity contribution in [1.82, 2.24) is 0 Å². The highest BCUT2D eigenvalue weighted by Crippen LogP contribution is 2.38. The van der Waals surface area contributed by atoms with E-state index in [0.717, 1.165) is 20.9 Å². The summed E-state index contributed by atoms with van der Waals surface area (Å²) in [4.78, 5) is 1.78. The SMILES string of the molecule is C/C(=N/[S+]([O-])C(C)(C)C)c1cccc(Cl)c1Sc1ccccc1CO. The van der Waals surface area contributed by atoms with Crippen LogP contribution in [0.1, 0.15) is 38.8 Å². The molecule has 0 saturated heterocycles. The quantitative estimate of drug-likeness (QED) is 0.555. The van der Waals surface area contributed by atoms with Crippen LogP contribution in [0.25, 0.3) is 0 Å². The Bertz CT molecular complexity index is 772. The molecule has 2 aromatic rings. The van der Waals surface area contributed by atoms with Gasteiger partial charge in [0.1, 0.15) is 16.1 Å². The molecule has 1 unspecified atom stereocenters. The second kappa shape index (κ2) is 8.60. The van der Waals surface area contributed by atoms with Gasteiger partial charge in [0.15, 0.2) is 0 Å². The molecule has 0 aliphatic rings. The predicted molar refractivity (Wildman–Crippen MR) is 108 cm³/mol. The molecular weight excluding hydrogens is 374 g/mol. The van der Waals surface area contributed by atoms with Crippen molar-refractivity contribution in [3.05, 3.63) is 58.6 Å². The Morgan fingerprint density at radius 1 is 1.20 bits per heavy atom. The fraction of sp³-hybridized carbons (Fsp3) is 0.316. The molecule has 0 heterocycles. The van der Waals surface area contributed by atoms with Crippen LogP contribution < -0.4 is 0 Å². The number of benzene rings is 2. The Kier molecular flexibility index (Phi) is 7.00. The van der Waals surface area contributed by atoms with Crippen LogP contribution >= 0.6 is 23.4 Å². The first-order chi connectivity index (χ1) is 11.7. The van der Waals surface area contributed by atoms with Crippen molar-refractivity contribution in [1.29, 1.82) is 0 Å². The molecule has 1 atom stereocenters. The van der Waals surface area contributed by atoms with Gasteiger partial charge in [-0.2, -0.15) is 0 Å². The van der Waals surface area contributed by atoms with Crippen LogP contribution in [0.3, 0.4) is 0 Å². The number of halogens is 1. The van der Waals surface area contributed by atoms with Crippen molar-refractivity contribution in [2.75, 3.05) is 0 Å². The van der Waals surface area contributed by atoms with E-state index >= 15 is 0 Å². The van der Waals surface area contributed by atoms with Crippen LogP contribution in [-0.2, 0) is 18.0 Å². The lowest BCUT2D eigenvalue weighted by atomic mass is 10.1. The lowest BCUT2D eigenvalue weighted by molar-refractivity contribution is 0.279. The highest BCUT2D eigenvalue weighted by atomic mass is 35.5. The summed E-state index contributed by atoms with van der Waals surface area (Å²) in [6.07, 6.45) is 0. The monoisotopic (exact) mass is 395 g/mol. The zero-order valence-electron chi connectivity index (χ0n) is 14.7. The van der Waals surface area contributed by atoms with Gasteiger partial charge in [0.25, 0.3) is 0 Å². The van der Waals surface area contributed by atoms with Gasteiger partial charge < -0.3 is 9.66 Å². The predicted octanol–water partition coefficient (Wildman–Crippen LogP) is 5.25. The maximum absolute atomic E-state index is 12.4. The summed E-state index contributed by atoms with van der Waals surface area (Å²) in [5.41, 5.74) is 2.37. The van der Waals surface area contributed by atoms with Gasteiger partial charge in [0.05, 0.1) is 17.3 Å². The van der Waals surface area contributed by atoms with Crippen molar-refractivity contribution in [2.24, 2.45) is 4.40 Å². The standard InChI is InChI=1S/C19H22ClNO2S2/c1-13(21-25(23)19(2,3)4)15-9-7-10-16(20)18(15)24-17-11-6-5-8-14(17)12-22/h5-11,22H,12H2,1-4H3/b21-13-. The Morgan fingerprint density at radius 2 is 1.88 bits per heavy atom. The van der Waals surface area contributed by atoms with E-state index in [1.807, 2.05) is 70.2 Å². The van der Waals surface area contributed by atoms with E-state index in [2.05, 4.69) is 4.40 Å². The summed E-state index contributed by atoms with van der Waals surface area (Å²) < 4.78 is 16.3. The lowest BCUT2D eigenvalue weighted by Crippen LogP contribution is -2.26. The summed E-state index contributed by atoms with van der Waals surface area (Å²) >= 11 is 6.57. The zero-order valence-corrected chi connectivity index (χ0v) is 17.1. The largest absolute Gasteiger partial charge is 0.591 e. The number of nitrogens with zero attached hydrogens (tertiary/aromatic N) is 1. The molecule has 2 rings (SSSR count). The van der Waals surface area contributed by atoms with Gasteiger partial charge in [0, 0.05) is 15.4 Å². The number of aliphatic hydroxyl groups excluding tert-OH is 1. The van der Waals surface area contributed by atoms with Crippen LogP contribution in [0.5, 0.6) is 0 Å². The maximum atomic E-state index is 12.4. The number of hydrogen-bond acceptors (Lipinski definition) is 4. The molecule has 0 bridgehead atoms. The Balaban J connectivity index is 2.45. The van der Waals surface area contributed by atoms with Crippen molar-refractivity contribution in [3.63, 3.8) is 0 Å². The van der Waals surface area contributed by atoms with Crippen molar-refractivity contribution in [3.8, 4) is 0 Å².